The minimum atomic E-state index is -0.872. The first kappa shape index (κ1) is 36.9. The summed E-state index contributed by atoms with van der Waals surface area (Å²) in [7, 11) is 2.63. The van der Waals surface area contributed by atoms with E-state index in [-0.39, 0.29) is 41.9 Å². The van der Waals surface area contributed by atoms with E-state index in [0.29, 0.717) is 24.7 Å². The molecule has 0 radical (unpaired) electrons. The van der Waals surface area contributed by atoms with Gasteiger partial charge in [-0.2, -0.15) is 0 Å². The maximum Gasteiger partial charge on any atom is 0.407 e. The number of fused-ring (bicyclic) bond motifs is 4. The van der Waals surface area contributed by atoms with E-state index >= 15 is 0 Å². The van der Waals surface area contributed by atoms with Gasteiger partial charge in [-0.05, 0) is 91.4 Å². The maximum absolute atomic E-state index is 13.9. The van der Waals surface area contributed by atoms with Crippen LogP contribution in [0.5, 0.6) is 0 Å². The van der Waals surface area contributed by atoms with E-state index in [1.54, 1.807) is 0 Å². The van der Waals surface area contributed by atoms with Crippen molar-refractivity contribution in [3.05, 3.63) is 72.6 Å². The lowest BCUT2D eigenvalue weighted by atomic mass is 9.95. The molecule has 0 spiro atoms. The lowest BCUT2D eigenvalue weighted by molar-refractivity contribution is -0.140. The van der Waals surface area contributed by atoms with Gasteiger partial charge in [-0.3, -0.25) is 9.59 Å². The van der Waals surface area contributed by atoms with Gasteiger partial charge in [0.05, 0.1) is 50.1 Å². The third-order valence-electron chi connectivity index (χ3n) is 13.2. The summed E-state index contributed by atoms with van der Waals surface area (Å²) < 4.78 is 9.63. The van der Waals surface area contributed by atoms with Crippen LogP contribution in [0.25, 0.3) is 33.6 Å². The molecule has 2 saturated heterocycles. The molecule has 5 aliphatic rings. The van der Waals surface area contributed by atoms with E-state index in [0.717, 1.165) is 83.8 Å². The molecule has 4 N–H and O–H groups in total. The van der Waals surface area contributed by atoms with Crippen LogP contribution < -0.4 is 10.6 Å². The fourth-order valence-electron chi connectivity index (χ4n) is 10.1. The maximum atomic E-state index is 13.9. The quantitative estimate of drug-likeness (QED) is 0.141. The molecule has 298 valence electrons. The number of hydrogen-bond donors (Lipinski definition) is 4. The van der Waals surface area contributed by atoms with Crippen molar-refractivity contribution in [3.63, 3.8) is 0 Å². The summed E-state index contributed by atoms with van der Waals surface area (Å²) in [5.41, 5.74) is 5.04. The van der Waals surface area contributed by atoms with Crippen molar-refractivity contribution in [2.24, 2.45) is 17.8 Å². The van der Waals surface area contributed by atoms with Gasteiger partial charge in [-0.25, -0.2) is 19.6 Å². The first-order chi connectivity index (χ1) is 27.6. The number of aromatic nitrogens is 4. The number of imidazole rings is 2. The van der Waals surface area contributed by atoms with Gasteiger partial charge in [0.2, 0.25) is 11.8 Å². The van der Waals surface area contributed by atoms with Crippen molar-refractivity contribution in [2.45, 2.75) is 101 Å². The zero-order valence-electron chi connectivity index (χ0n) is 32.8. The highest BCUT2D eigenvalue weighted by Crippen LogP contribution is 2.53. The average Bonchev–Trinajstić information content (AvgIpc) is 3.96. The average molecular weight is 775 g/mol. The smallest absolute Gasteiger partial charge is 0.407 e. The summed E-state index contributed by atoms with van der Waals surface area (Å²) in [6, 6.07) is 16.0. The molecule has 57 heavy (non-hydrogen) atoms. The molecule has 14 heteroatoms. The fraction of sp³-hybridized carbons (Fsp3) is 0.488. The van der Waals surface area contributed by atoms with Crippen molar-refractivity contribution in [3.8, 4) is 33.6 Å². The molecule has 2 aromatic carbocycles. The molecule has 0 unspecified atom stereocenters. The van der Waals surface area contributed by atoms with Crippen LogP contribution in [0, 0.1) is 17.8 Å². The van der Waals surface area contributed by atoms with Gasteiger partial charge in [-0.1, -0.05) is 62.4 Å². The third-order valence-corrected chi connectivity index (χ3v) is 13.2. The third kappa shape index (κ3) is 6.52. The molecule has 14 nitrogen and oxygen atoms in total. The second-order valence-corrected chi connectivity index (χ2v) is 16.9. The van der Waals surface area contributed by atoms with Crippen molar-refractivity contribution in [2.75, 3.05) is 14.2 Å². The molecule has 4 heterocycles. The van der Waals surface area contributed by atoms with Crippen LogP contribution in [0.1, 0.15) is 88.9 Å². The first-order valence-electron chi connectivity index (χ1n) is 20.2. The number of carbonyl (C=O) groups excluding carboxylic acids is 4. The molecule has 4 amide bonds. The second kappa shape index (κ2) is 14.4. The number of rotatable bonds is 10. The molecule has 7 atom stereocenters. The zero-order chi connectivity index (χ0) is 39.6. The summed E-state index contributed by atoms with van der Waals surface area (Å²) in [6.07, 6.45) is 9.65. The highest BCUT2D eigenvalue weighted by atomic mass is 16.5. The molecule has 3 saturated carbocycles. The Labute approximate surface area is 331 Å². The van der Waals surface area contributed by atoms with Gasteiger partial charge in [0.25, 0.3) is 0 Å². The highest BCUT2D eigenvalue weighted by molar-refractivity contribution is 5.93. The number of nitrogens with one attached hydrogen (secondary N) is 4. The molecule has 3 aliphatic carbocycles. The van der Waals surface area contributed by atoms with Crippen LogP contribution in [-0.2, 0) is 19.1 Å². The molecular weight excluding hydrogens is 725 g/mol. The van der Waals surface area contributed by atoms with E-state index in [9.17, 15) is 19.2 Å². The lowest BCUT2D eigenvalue weighted by Gasteiger charge is -2.37. The predicted octanol–water partition coefficient (Wildman–Crippen LogP) is 6.51. The van der Waals surface area contributed by atoms with E-state index in [1.807, 2.05) is 36.0 Å². The Kier molecular flexibility index (Phi) is 9.32. The Bertz CT molecular complexity index is 2170. The SMILES string of the molecule is COC(=O)N[C@H](C(=O)N1[C@@H]2CC[C@@H](C2)[C@H]1c1ncc(-c2ccc(-c3ccc(-c4cnc([C@@H]5[C@H]6CC[C@H](C6)N5C(=O)C5(NC(=O)OC)CC5)[nH]4)cc3)cc2)[nH]1)C(C)C. The Morgan fingerprint density at radius 3 is 1.65 bits per heavy atom. The number of methoxy groups -OCH3 is 2. The summed E-state index contributed by atoms with van der Waals surface area (Å²) in [5, 5.41) is 5.56. The molecule has 4 bridgehead atoms. The Hall–Kier alpha value is -5.66. The number of piperidine rings is 2. The van der Waals surface area contributed by atoms with Crippen LogP contribution in [0.15, 0.2) is 60.9 Å². The van der Waals surface area contributed by atoms with Gasteiger partial charge in [0.15, 0.2) is 0 Å². The Morgan fingerprint density at radius 2 is 1.18 bits per heavy atom. The largest absolute Gasteiger partial charge is 0.453 e. The number of ether oxygens (including phenoxy) is 2. The number of benzene rings is 2. The minimum absolute atomic E-state index is 0.0308. The highest BCUT2D eigenvalue weighted by Gasteiger charge is 2.60. The fourth-order valence-corrected chi connectivity index (χ4v) is 10.1. The van der Waals surface area contributed by atoms with E-state index in [4.69, 9.17) is 19.4 Å². The molecule has 9 rings (SSSR count). The monoisotopic (exact) mass is 774 g/mol. The number of alkyl carbamates (subject to hydrolysis) is 2. The summed E-state index contributed by atoms with van der Waals surface area (Å²) in [5.74, 6) is 1.99. The molecule has 5 fully saturated rings. The number of nitrogens with zero attached hydrogens (tertiary/aromatic N) is 4. The van der Waals surface area contributed by atoms with Crippen LogP contribution in [-0.4, -0.2) is 91.6 Å². The molecule has 2 aromatic heterocycles. The Balaban J connectivity index is 0.880. The van der Waals surface area contributed by atoms with Gasteiger partial charge in [-0.15, -0.1) is 0 Å². The minimum Gasteiger partial charge on any atom is -0.453 e. The number of amides is 4. The van der Waals surface area contributed by atoms with Gasteiger partial charge in [0.1, 0.15) is 23.2 Å². The summed E-state index contributed by atoms with van der Waals surface area (Å²) in [4.78, 5) is 72.6. The number of likely N-dealkylation sites (tertiary alicyclic amines) is 2. The van der Waals surface area contributed by atoms with Crippen LogP contribution in [0.2, 0.25) is 0 Å². The van der Waals surface area contributed by atoms with E-state index < -0.39 is 23.8 Å². The molecule has 4 aromatic rings. The summed E-state index contributed by atoms with van der Waals surface area (Å²) in [6.45, 7) is 3.86. The molecular formula is C43H50N8O6. The van der Waals surface area contributed by atoms with Crippen molar-refractivity contribution in [1.29, 1.82) is 0 Å². The topological polar surface area (TPSA) is 175 Å². The van der Waals surface area contributed by atoms with Gasteiger partial charge < -0.3 is 39.9 Å². The van der Waals surface area contributed by atoms with Crippen molar-refractivity contribution >= 4 is 24.0 Å². The van der Waals surface area contributed by atoms with E-state index in [2.05, 4.69) is 69.1 Å². The van der Waals surface area contributed by atoms with Gasteiger partial charge >= 0.3 is 12.2 Å². The number of carbonyl (C=O) groups is 4. The van der Waals surface area contributed by atoms with E-state index in [1.165, 1.54) is 14.2 Å². The zero-order valence-corrected chi connectivity index (χ0v) is 32.8. The van der Waals surface area contributed by atoms with Crippen molar-refractivity contribution in [1.82, 2.24) is 40.4 Å². The molecule has 2 aliphatic heterocycles. The second-order valence-electron chi connectivity index (χ2n) is 16.9. The number of hydrogen-bond acceptors (Lipinski definition) is 8. The summed E-state index contributed by atoms with van der Waals surface area (Å²) >= 11 is 0. The normalized spacial score (nSPS) is 25.8. The van der Waals surface area contributed by atoms with Crippen LogP contribution >= 0.6 is 0 Å². The van der Waals surface area contributed by atoms with Crippen LogP contribution in [0.4, 0.5) is 9.59 Å². The standard InChI is InChI=1S/C43H50N8O6/c1-23(2)34(48-41(54)56-3)39(52)50-30-15-13-28(19-30)35(50)37-44-21-32(46-37)26-9-5-24(6-10-26)25-7-11-27(12-8-25)33-22-45-38(47-33)36-29-14-16-31(20-29)51(36)40(53)43(17-18-43)49-42(55)57-4/h5-12,21-23,28-31,34-36H,13-20H2,1-4H3,(H,44,46)(H,45,47)(H,48,54)(H,49,55)/t28-,29-,30+,31+,34-,35-,36-/m0/s1. The first-order valence-corrected chi connectivity index (χ1v) is 20.2. The van der Waals surface area contributed by atoms with Gasteiger partial charge in [0, 0.05) is 12.1 Å². The predicted molar refractivity (Wildman–Crippen MR) is 210 cm³/mol. The Morgan fingerprint density at radius 1 is 0.702 bits per heavy atom. The number of H-pyrrole nitrogens is 2. The number of aromatic amines is 2. The van der Waals surface area contributed by atoms with Crippen molar-refractivity contribution < 1.29 is 28.7 Å². The van der Waals surface area contributed by atoms with Crippen LogP contribution in [0.3, 0.4) is 0 Å². The lowest BCUT2D eigenvalue weighted by Crippen LogP contribution is -2.54.